The Kier molecular flexibility index (Phi) is 4.54. The Balaban J connectivity index is 1.94. The molecule has 0 bridgehead atoms. The smallest absolute Gasteiger partial charge is 0.109 e. The van der Waals surface area contributed by atoms with Crippen LogP contribution in [-0.4, -0.2) is 23.2 Å². The molecule has 0 amide bonds. The van der Waals surface area contributed by atoms with E-state index in [1.165, 1.54) is 5.01 Å². The van der Waals surface area contributed by atoms with E-state index in [2.05, 4.69) is 36.5 Å². The molecule has 0 aliphatic carbocycles. The number of hydrogen-bond donors (Lipinski definition) is 1. The third kappa shape index (κ3) is 3.50. The summed E-state index contributed by atoms with van der Waals surface area (Å²) in [4.78, 5) is 4.42. The van der Waals surface area contributed by atoms with Gasteiger partial charge in [-0.15, -0.1) is 11.3 Å². The molecular formula is C13H22N2OS. The van der Waals surface area contributed by atoms with Crippen molar-refractivity contribution in [2.45, 2.75) is 64.3 Å². The third-order valence-corrected chi connectivity index (χ3v) is 4.18. The van der Waals surface area contributed by atoms with Crippen molar-refractivity contribution in [2.75, 3.05) is 0 Å². The molecule has 0 aromatic carbocycles. The van der Waals surface area contributed by atoms with Crippen LogP contribution in [0.2, 0.25) is 0 Å². The van der Waals surface area contributed by atoms with Gasteiger partial charge in [-0.3, -0.25) is 0 Å². The van der Waals surface area contributed by atoms with Gasteiger partial charge in [-0.1, -0.05) is 6.92 Å². The molecule has 0 radical (unpaired) electrons. The van der Waals surface area contributed by atoms with Crippen LogP contribution in [-0.2, 0) is 4.74 Å². The molecule has 0 saturated carbocycles. The molecule has 17 heavy (non-hydrogen) atoms. The van der Waals surface area contributed by atoms with Gasteiger partial charge in [-0.2, -0.15) is 0 Å². The maximum Gasteiger partial charge on any atom is 0.109 e. The van der Waals surface area contributed by atoms with E-state index in [4.69, 9.17) is 4.74 Å². The molecule has 96 valence electrons. The van der Waals surface area contributed by atoms with Crippen LogP contribution in [0.3, 0.4) is 0 Å². The summed E-state index contributed by atoms with van der Waals surface area (Å²) < 4.78 is 5.77. The number of nitrogens with zero attached hydrogens (tertiary/aromatic N) is 1. The van der Waals surface area contributed by atoms with Gasteiger partial charge in [0, 0.05) is 17.6 Å². The van der Waals surface area contributed by atoms with E-state index in [9.17, 15) is 0 Å². The quantitative estimate of drug-likeness (QED) is 0.896. The van der Waals surface area contributed by atoms with E-state index in [1.54, 1.807) is 11.3 Å². The van der Waals surface area contributed by atoms with Crippen LogP contribution >= 0.6 is 11.3 Å². The molecule has 3 atom stereocenters. The van der Waals surface area contributed by atoms with Crippen molar-refractivity contribution in [3.05, 3.63) is 16.6 Å². The lowest BCUT2D eigenvalue weighted by Crippen LogP contribution is -2.42. The zero-order valence-corrected chi connectivity index (χ0v) is 11.7. The van der Waals surface area contributed by atoms with E-state index in [1.807, 2.05) is 6.20 Å². The third-order valence-electron chi connectivity index (χ3n) is 3.29. The highest BCUT2D eigenvalue weighted by molar-refractivity contribution is 7.09. The fraction of sp³-hybridized carbons (Fsp3) is 0.769. The summed E-state index contributed by atoms with van der Waals surface area (Å²) in [6.07, 6.45) is 5.92. The Bertz CT molecular complexity index is 318. The highest BCUT2D eigenvalue weighted by Gasteiger charge is 2.26. The van der Waals surface area contributed by atoms with Crippen molar-refractivity contribution in [2.24, 2.45) is 0 Å². The first-order chi connectivity index (χ1) is 8.19. The van der Waals surface area contributed by atoms with E-state index < -0.39 is 0 Å². The average Bonchev–Trinajstić information content (AvgIpc) is 2.77. The molecule has 1 aliphatic rings. The van der Waals surface area contributed by atoms with Crippen LogP contribution in [0.15, 0.2) is 11.6 Å². The summed E-state index contributed by atoms with van der Waals surface area (Å²) in [6, 6.07) is 0.958. The van der Waals surface area contributed by atoms with Crippen molar-refractivity contribution in [1.82, 2.24) is 10.3 Å². The van der Waals surface area contributed by atoms with E-state index >= 15 is 0 Å². The molecule has 3 nitrogen and oxygen atoms in total. The predicted molar refractivity (Wildman–Crippen MR) is 71.3 cm³/mol. The van der Waals surface area contributed by atoms with E-state index in [0.717, 1.165) is 19.3 Å². The first kappa shape index (κ1) is 13.0. The van der Waals surface area contributed by atoms with Crippen molar-refractivity contribution in [3.8, 4) is 0 Å². The molecule has 0 spiro atoms. The fourth-order valence-corrected chi connectivity index (χ4v) is 3.38. The molecule has 4 heteroatoms. The van der Waals surface area contributed by atoms with Crippen molar-refractivity contribution < 1.29 is 4.74 Å². The number of nitrogens with one attached hydrogen (secondary N) is 1. The first-order valence-electron chi connectivity index (χ1n) is 6.50. The monoisotopic (exact) mass is 254 g/mol. The molecule has 1 saturated heterocycles. The fourth-order valence-electron chi connectivity index (χ4n) is 2.60. The van der Waals surface area contributed by atoms with E-state index in [0.29, 0.717) is 24.3 Å². The van der Waals surface area contributed by atoms with Crippen molar-refractivity contribution in [1.29, 1.82) is 0 Å². The van der Waals surface area contributed by atoms with Gasteiger partial charge in [0.25, 0.3) is 0 Å². The zero-order chi connectivity index (χ0) is 12.3. The number of aromatic nitrogens is 1. The van der Waals surface area contributed by atoms with Crippen LogP contribution in [0.1, 0.15) is 51.1 Å². The largest absolute Gasteiger partial charge is 0.375 e. The highest BCUT2D eigenvalue weighted by atomic mass is 32.1. The summed E-state index contributed by atoms with van der Waals surface area (Å²) in [6.45, 7) is 6.54. The minimum Gasteiger partial charge on any atom is -0.375 e. The molecule has 1 aromatic heterocycles. The molecule has 2 heterocycles. The SMILES string of the molecule is CCC(NC1CC(C)OC(C)C1)c1nccs1. The van der Waals surface area contributed by atoms with Gasteiger partial charge in [0.15, 0.2) is 0 Å². The number of thiazole rings is 1. The average molecular weight is 254 g/mol. The first-order valence-corrected chi connectivity index (χ1v) is 7.38. The van der Waals surface area contributed by atoms with E-state index in [-0.39, 0.29) is 0 Å². The normalized spacial score (nSPS) is 31.4. The van der Waals surface area contributed by atoms with Crippen LogP contribution in [0.25, 0.3) is 0 Å². The standard InChI is InChI=1S/C13H22N2OS/c1-4-12(13-14-5-6-17-13)15-11-7-9(2)16-10(3)8-11/h5-6,9-12,15H,4,7-8H2,1-3H3. The maximum absolute atomic E-state index is 5.77. The van der Waals surface area contributed by atoms with Gasteiger partial charge in [0.05, 0.1) is 18.2 Å². The number of hydrogen-bond acceptors (Lipinski definition) is 4. The second kappa shape index (κ2) is 5.94. The van der Waals surface area contributed by atoms with Gasteiger partial charge in [0.2, 0.25) is 0 Å². The molecule has 1 N–H and O–H groups in total. The van der Waals surface area contributed by atoms with Crippen molar-refractivity contribution in [3.63, 3.8) is 0 Å². The Hall–Kier alpha value is -0.450. The topological polar surface area (TPSA) is 34.1 Å². The molecule has 1 aromatic rings. The number of ether oxygens (including phenoxy) is 1. The summed E-state index contributed by atoms with van der Waals surface area (Å²) in [7, 11) is 0. The van der Waals surface area contributed by atoms with Gasteiger partial charge < -0.3 is 10.1 Å². The van der Waals surface area contributed by atoms with Gasteiger partial charge in [-0.05, 0) is 33.1 Å². The highest BCUT2D eigenvalue weighted by Crippen LogP contribution is 2.24. The van der Waals surface area contributed by atoms with Gasteiger partial charge in [0.1, 0.15) is 5.01 Å². The second-order valence-corrected chi connectivity index (χ2v) is 5.85. The molecule has 3 unspecified atom stereocenters. The molecule has 2 rings (SSSR count). The summed E-state index contributed by atoms with van der Waals surface area (Å²) in [5, 5.41) is 6.99. The summed E-state index contributed by atoms with van der Waals surface area (Å²) in [5.41, 5.74) is 0. The lowest BCUT2D eigenvalue weighted by Gasteiger charge is -2.34. The Labute approximate surface area is 108 Å². The Morgan fingerprint density at radius 1 is 1.47 bits per heavy atom. The predicted octanol–water partition coefficient (Wildman–Crippen LogP) is 3.14. The minimum absolute atomic E-state index is 0.366. The Morgan fingerprint density at radius 3 is 2.71 bits per heavy atom. The lowest BCUT2D eigenvalue weighted by molar-refractivity contribution is -0.0437. The molecular weight excluding hydrogens is 232 g/mol. The second-order valence-electron chi connectivity index (χ2n) is 4.92. The van der Waals surface area contributed by atoms with Crippen LogP contribution in [0.4, 0.5) is 0 Å². The van der Waals surface area contributed by atoms with Gasteiger partial charge in [-0.25, -0.2) is 4.98 Å². The van der Waals surface area contributed by atoms with Crippen LogP contribution < -0.4 is 5.32 Å². The van der Waals surface area contributed by atoms with Gasteiger partial charge >= 0.3 is 0 Å². The summed E-state index contributed by atoms with van der Waals surface area (Å²) >= 11 is 1.74. The van der Waals surface area contributed by atoms with Crippen molar-refractivity contribution >= 4 is 11.3 Å². The van der Waals surface area contributed by atoms with Crippen LogP contribution in [0.5, 0.6) is 0 Å². The lowest BCUT2D eigenvalue weighted by atomic mass is 9.98. The maximum atomic E-state index is 5.77. The summed E-state index contributed by atoms with van der Waals surface area (Å²) in [5.74, 6) is 0. The minimum atomic E-state index is 0.366. The molecule has 1 aliphatic heterocycles. The zero-order valence-electron chi connectivity index (χ0n) is 10.8. The molecule has 1 fully saturated rings. The Morgan fingerprint density at radius 2 is 2.18 bits per heavy atom. The number of rotatable bonds is 4. The van der Waals surface area contributed by atoms with Crippen LogP contribution in [0, 0.1) is 0 Å².